The molecule has 1 aromatic rings. The summed E-state index contributed by atoms with van der Waals surface area (Å²) in [4.78, 5) is 24.3. The summed E-state index contributed by atoms with van der Waals surface area (Å²) in [5, 5.41) is 2.87. The van der Waals surface area contributed by atoms with Gasteiger partial charge in [-0.3, -0.25) is 4.79 Å². The smallest absolute Gasteiger partial charge is 0.405 e. The van der Waals surface area contributed by atoms with Crippen LogP contribution in [0.25, 0.3) is 0 Å². The van der Waals surface area contributed by atoms with E-state index < -0.39 is 12.2 Å². The highest BCUT2D eigenvalue weighted by molar-refractivity contribution is 6.03. The number of carbonyl (C=O) groups excluding carboxylic acids is 2. The number of nitrogens with two attached hydrogens (primary N) is 1. The van der Waals surface area contributed by atoms with Crippen molar-refractivity contribution in [1.82, 2.24) is 0 Å². The molecule has 0 saturated carbocycles. The first-order valence-corrected chi connectivity index (χ1v) is 12.4. The van der Waals surface area contributed by atoms with Crippen molar-refractivity contribution in [1.29, 1.82) is 0 Å². The molecule has 0 fully saturated rings. The lowest BCUT2D eigenvalue weighted by Gasteiger charge is -2.26. The van der Waals surface area contributed by atoms with E-state index in [2.05, 4.69) is 25.2 Å². The molecule has 0 saturated heterocycles. The van der Waals surface area contributed by atoms with Crippen LogP contribution in [0.5, 0.6) is 0 Å². The quantitative estimate of drug-likeness (QED) is 0.488. The number of anilines is 1. The highest BCUT2D eigenvalue weighted by Crippen LogP contribution is 2.27. The van der Waals surface area contributed by atoms with Crippen LogP contribution in [0.15, 0.2) is 41.5 Å². The van der Waals surface area contributed by atoms with Crippen molar-refractivity contribution < 1.29 is 23.5 Å². The van der Waals surface area contributed by atoms with Crippen molar-refractivity contribution in [3.05, 3.63) is 52.9 Å². The standard InChI is InChI=1S/C28H41FN2O4/c1-17-12-21(5)26(35-28(30)33)19(3)8-7-9-20(4)27(32)31-23-10-11-25(29)22(16-23)13-18(2)15-24(14-17)34-6/h9-12,16-19,24,26H,7-8,13-15H2,1-6H3,(H2,30,33)(H,31,32)/b20-9+,21-12+/t17?,18-,19+,24-,26-/m1/s1. The van der Waals surface area contributed by atoms with Crippen LogP contribution >= 0.6 is 0 Å². The third kappa shape index (κ3) is 9.13. The number of nitrogens with one attached hydrogen (secondary N) is 1. The summed E-state index contributed by atoms with van der Waals surface area (Å²) in [6, 6.07) is 4.71. The van der Waals surface area contributed by atoms with Gasteiger partial charge in [-0.2, -0.15) is 0 Å². The van der Waals surface area contributed by atoms with Crippen molar-refractivity contribution in [2.75, 3.05) is 12.4 Å². The van der Waals surface area contributed by atoms with E-state index in [9.17, 15) is 14.0 Å². The fraction of sp³-hybridized carbons (Fsp3) is 0.571. The molecule has 6 nitrogen and oxygen atoms in total. The maximum atomic E-state index is 14.5. The van der Waals surface area contributed by atoms with Gasteiger partial charge in [0.2, 0.25) is 0 Å². The van der Waals surface area contributed by atoms with Gasteiger partial charge in [-0.1, -0.05) is 32.9 Å². The topological polar surface area (TPSA) is 90.7 Å². The van der Waals surface area contributed by atoms with Crippen LogP contribution < -0.4 is 11.1 Å². The molecule has 1 unspecified atom stereocenters. The van der Waals surface area contributed by atoms with Gasteiger partial charge in [-0.25, -0.2) is 9.18 Å². The number of rotatable bonds is 2. The van der Waals surface area contributed by atoms with Gasteiger partial charge in [0.15, 0.2) is 0 Å². The molecular weight excluding hydrogens is 447 g/mol. The average Bonchev–Trinajstić information content (AvgIpc) is 2.78. The second-order valence-corrected chi connectivity index (χ2v) is 10.1. The van der Waals surface area contributed by atoms with Crippen LogP contribution in [0.3, 0.4) is 0 Å². The Kier molecular flexibility index (Phi) is 11.0. The summed E-state index contributed by atoms with van der Waals surface area (Å²) in [6.45, 7) is 9.92. The third-order valence-corrected chi connectivity index (χ3v) is 6.69. The zero-order valence-electron chi connectivity index (χ0n) is 21.9. The van der Waals surface area contributed by atoms with Crippen LogP contribution in [-0.2, 0) is 20.7 Å². The largest absolute Gasteiger partial charge is 0.442 e. The lowest BCUT2D eigenvalue weighted by atomic mass is 9.88. The summed E-state index contributed by atoms with van der Waals surface area (Å²) in [7, 11) is 1.70. The number of methoxy groups -OCH3 is 1. The number of ether oxygens (including phenoxy) is 2. The Morgan fingerprint density at radius 2 is 1.89 bits per heavy atom. The summed E-state index contributed by atoms with van der Waals surface area (Å²) in [5.74, 6) is -0.131. The normalized spacial score (nSPS) is 30.4. The number of fused-ring (bicyclic) bond motifs is 2. The van der Waals surface area contributed by atoms with Gasteiger partial charge in [0, 0.05) is 18.4 Å². The second-order valence-electron chi connectivity index (χ2n) is 10.1. The van der Waals surface area contributed by atoms with Crippen LogP contribution in [-0.4, -0.2) is 31.3 Å². The molecule has 2 bridgehead atoms. The van der Waals surface area contributed by atoms with Crippen LogP contribution in [0.1, 0.15) is 65.9 Å². The molecule has 1 aliphatic rings. The van der Waals surface area contributed by atoms with Crippen LogP contribution in [0.4, 0.5) is 14.9 Å². The first-order chi connectivity index (χ1) is 16.5. The zero-order chi connectivity index (χ0) is 26.1. The van der Waals surface area contributed by atoms with Gasteiger partial charge in [-0.05, 0) is 93.0 Å². The summed E-state index contributed by atoms with van der Waals surface area (Å²) < 4.78 is 25.8. The Hall–Kier alpha value is -2.67. The van der Waals surface area contributed by atoms with Crippen molar-refractivity contribution in [3.8, 4) is 0 Å². The Morgan fingerprint density at radius 3 is 2.54 bits per heavy atom. The van der Waals surface area contributed by atoms with Crippen molar-refractivity contribution >= 4 is 17.7 Å². The molecular formula is C28H41FN2O4. The SMILES string of the molecule is CO[C@@H]1CC(C)/C=C(\C)[C@H](OC(N)=O)[C@@H](C)CC/C=C(\C)C(=O)Nc2ccc(F)c(c2)C[C@@H](C)C1. The Labute approximate surface area is 209 Å². The zero-order valence-corrected chi connectivity index (χ0v) is 21.9. The molecule has 3 N–H and O–H groups in total. The van der Waals surface area contributed by atoms with Crippen molar-refractivity contribution in [2.45, 2.75) is 78.9 Å². The van der Waals surface area contributed by atoms with E-state index >= 15 is 0 Å². The molecule has 194 valence electrons. The van der Waals surface area contributed by atoms with Gasteiger partial charge < -0.3 is 20.5 Å². The van der Waals surface area contributed by atoms with E-state index in [1.807, 2.05) is 19.9 Å². The van der Waals surface area contributed by atoms with E-state index in [0.29, 0.717) is 36.1 Å². The second kappa shape index (κ2) is 13.4. The van der Waals surface area contributed by atoms with Crippen molar-refractivity contribution in [3.63, 3.8) is 0 Å². The highest BCUT2D eigenvalue weighted by atomic mass is 19.1. The third-order valence-electron chi connectivity index (χ3n) is 6.69. The van der Waals surface area contributed by atoms with Gasteiger partial charge >= 0.3 is 6.09 Å². The number of halogens is 1. The molecule has 35 heavy (non-hydrogen) atoms. The predicted octanol–water partition coefficient (Wildman–Crippen LogP) is 6.16. The molecule has 1 aromatic carbocycles. The maximum absolute atomic E-state index is 14.5. The fourth-order valence-corrected chi connectivity index (χ4v) is 4.85. The molecule has 1 heterocycles. The first-order valence-electron chi connectivity index (χ1n) is 12.4. The first kappa shape index (κ1) is 28.6. The van der Waals surface area contributed by atoms with Crippen LogP contribution in [0, 0.1) is 23.6 Å². The van der Waals surface area contributed by atoms with Crippen LogP contribution in [0.2, 0.25) is 0 Å². The summed E-state index contributed by atoms with van der Waals surface area (Å²) >= 11 is 0. The molecule has 0 spiro atoms. The van der Waals surface area contributed by atoms with Crippen molar-refractivity contribution in [2.24, 2.45) is 23.5 Å². The lowest BCUT2D eigenvalue weighted by molar-refractivity contribution is -0.112. The molecule has 2 amide bonds. The van der Waals surface area contributed by atoms with E-state index in [1.54, 1.807) is 26.2 Å². The number of primary amides is 1. The molecule has 0 aromatic heterocycles. The van der Waals surface area contributed by atoms with Gasteiger partial charge in [0.25, 0.3) is 5.91 Å². The summed E-state index contributed by atoms with van der Waals surface area (Å²) in [5.41, 5.74) is 8.04. The predicted molar refractivity (Wildman–Crippen MR) is 137 cm³/mol. The molecule has 7 heteroatoms. The number of hydrogen-bond acceptors (Lipinski definition) is 4. The molecule has 0 aliphatic carbocycles. The number of hydrogen-bond donors (Lipinski definition) is 2. The number of benzene rings is 1. The number of amides is 2. The van der Waals surface area contributed by atoms with E-state index in [0.717, 1.165) is 18.4 Å². The maximum Gasteiger partial charge on any atom is 0.405 e. The average molecular weight is 489 g/mol. The van der Waals surface area contributed by atoms with Gasteiger partial charge in [0.1, 0.15) is 11.9 Å². The molecule has 5 atom stereocenters. The minimum Gasteiger partial charge on any atom is -0.442 e. The molecule has 1 aliphatic heterocycles. The molecule has 0 radical (unpaired) electrons. The highest BCUT2D eigenvalue weighted by Gasteiger charge is 2.24. The lowest BCUT2D eigenvalue weighted by Crippen LogP contribution is -2.30. The van der Waals surface area contributed by atoms with Gasteiger partial charge in [0.05, 0.1) is 6.10 Å². The van der Waals surface area contributed by atoms with Gasteiger partial charge in [-0.15, -0.1) is 0 Å². The minimum absolute atomic E-state index is 0.00291. The summed E-state index contributed by atoms with van der Waals surface area (Å²) in [6.07, 6.45) is 6.19. The minimum atomic E-state index is -0.802. The van der Waals surface area contributed by atoms with E-state index in [4.69, 9.17) is 15.2 Å². The fourth-order valence-electron chi connectivity index (χ4n) is 4.85. The van der Waals surface area contributed by atoms with E-state index in [-0.39, 0.29) is 35.6 Å². The Morgan fingerprint density at radius 1 is 1.17 bits per heavy atom. The number of allylic oxidation sites excluding steroid dienone is 2. The van der Waals surface area contributed by atoms with E-state index in [1.165, 1.54) is 6.07 Å². The Bertz CT molecular complexity index is 943. The number of carbonyl (C=O) groups is 2. The Balaban J connectivity index is 2.37. The molecule has 2 rings (SSSR count). The monoisotopic (exact) mass is 488 g/mol.